The molecule has 3 heterocycles. The van der Waals surface area contributed by atoms with Crippen molar-refractivity contribution in [3.63, 3.8) is 0 Å². The molecule has 0 saturated carbocycles. The molecule has 1 fully saturated rings. The number of nitrogens with one attached hydrogen (secondary N) is 1. The molecule has 130 valence electrons. The van der Waals surface area contributed by atoms with Gasteiger partial charge >= 0.3 is 0 Å². The Hall–Kier alpha value is -1.95. The van der Waals surface area contributed by atoms with Gasteiger partial charge in [0.25, 0.3) is 5.91 Å². The van der Waals surface area contributed by atoms with E-state index in [-0.39, 0.29) is 5.91 Å². The summed E-state index contributed by atoms with van der Waals surface area (Å²) in [6.07, 6.45) is 1.15. The van der Waals surface area contributed by atoms with Gasteiger partial charge in [0.1, 0.15) is 5.69 Å². The number of hydrogen-bond donors (Lipinski definition) is 1. The zero-order valence-electron chi connectivity index (χ0n) is 15.0. The summed E-state index contributed by atoms with van der Waals surface area (Å²) >= 11 is 0. The molecule has 0 radical (unpaired) electrons. The highest BCUT2D eigenvalue weighted by Gasteiger charge is 2.23. The molecule has 24 heavy (non-hydrogen) atoms. The van der Waals surface area contributed by atoms with Gasteiger partial charge in [-0.15, -0.1) is 0 Å². The van der Waals surface area contributed by atoms with Gasteiger partial charge in [-0.2, -0.15) is 5.10 Å². The Morgan fingerprint density at radius 3 is 2.92 bits per heavy atom. The molecular weight excluding hydrogens is 302 g/mol. The van der Waals surface area contributed by atoms with Crippen LogP contribution >= 0.6 is 0 Å². The minimum absolute atomic E-state index is 0.0956. The first kappa shape index (κ1) is 16.9. The number of aromatic nitrogens is 3. The van der Waals surface area contributed by atoms with E-state index in [1.54, 1.807) is 10.6 Å². The summed E-state index contributed by atoms with van der Waals surface area (Å²) in [4.78, 5) is 19.4. The number of nitrogens with zero attached hydrogens (tertiary/aromatic N) is 4. The first-order valence-electron chi connectivity index (χ1n) is 8.77. The highest BCUT2D eigenvalue weighted by molar-refractivity contribution is 5.92. The number of fused-ring (bicyclic) bond motifs is 1. The Kier molecular flexibility index (Phi) is 4.85. The van der Waals surface area contributed by atoms with Crippen LogP contribution in [0.25, 0.3) is 5.65 Å². The maximum atomic E-state index is 12.4. The molecule has 1 saturated heterocycles. The fourth-order valence-electron chi connectivity index (χ4n) is 3.45. The summed E-state index contributed by atoms with van der Waals surface area (Å²) < 4.78 is 1.77. The average molecular weight is 329 g/mol. The highest BCUT2D eigenvalue weighted by Crippen LogP contribution is 2.17. The van der Waals surface area contributed by atoms with Gasteiger partial charge in [0, 0.05) is 31.4 Å². The van der Waals surface area contributed by atoms with E-state index in [0.717, 1.165) is 49.6 Å². The Morgan fingerprint density at radius 2 is 2.17 bits per heavy atom. The third-order valence-electron chi connectivity index (χ3n) is 4.50. The molecule has 0 spiro atoms. The molecule has 6 nitrogen and oxygen atoms in total. The van der Waals surface area contributed by atoms with Crippen LogP contribution in [0.4, 0.5) is 0 Å². The van der Waals surface area contributed by atoms with Crippen molar-refractivity contribution in [1.29, 1.82) is 0 Å². The van der Waals surface area contributed by atoms with Crippen molar-refractivity contribution in [2.45, 2.75) is 34.1 Å². The van der Waals surface area contributed by atoms with Crippen molar-refractivity contribution in [2.24, 2.45) is 11.8 Å². The lowest BCUT2D eigenvalue weighted by Gasteiger charge is -2.18. The van der Waals surface area contributed by atoms with Crippen LogP contribution in [0.3, 0.4) is 0 Å². The third kappa shape index (κ3) is 3.75. The number of carbonyl (C=O) groups is 1. The largest absolute Gasteiger partial charge is 0.350 e. The number of likely N-dealkylation sites (tertiary alicyclic amines) is 1. The fraction of sp³-hybridized carbons (Fsp3) is 0.611. The molecule has 3 rings (SSSR count). The van der Waals surface area contributed by atoms with Gasteiger partial charge in [-0.05, 0) is 44.7 Å². The minimum Gasteiger partial charge on any atom is -0.350 e. The van der Waals surface area contributed by atoms with Crippen LogP contribution in [-0.2, 0) is 0 Å². The van der Waals surface area contributed by atoms with E-state index in [2.05, 4.69) is 34.1 Å². The number of amides is 1. The van der Waals surface area contributed by atoms with Gasteiger partial charge in [-0.3, -0.25) is 4.79 Å². The molecule has 0 bridgehead atoms. The van der Waals surface area contributed by atoms with Crippen LogP contribution < -0.4 is 5.32 Å². The summed E-state index contributed by atoms with van der Waals surface area (Å²) in [5, 5.41) is 7.43. The monoisotopic (exact) mass is 329 g/mol. The quantitative estimate of drug-likeness (QED) is 0.912. The molecule has 6 heteroatoms. The van der Waals surface area contributed by atoms with Gasteiger partial charge in [0.05, 0.1) is 5.69 Å². The zero-order valence-corrected chi connectivity index (χ0v) is 15.0. The van der Waals surface area contributed by atoms with Crippen LogP contribution in [-0.4, -0.2) is 51.6 Å². The standard InChI is InChI=1S/C18H27N5O/c1-12(2)10-22-6-5-15(11-22)9-19-18(24)16-8-14(4)23-17(20-16)7-13(3)21-23/h7-8,12,15H,5-6,9-11H2,1-4H3,(H,19,24). The van der Waals surface area contributed by atoms with Crippen molar-refractivity contribution in [3.8, 4) is 0 Å². The maximum Gasteiger partial charge on any atom is 0.270 e. The predicted octanol–water partition coefficient (Wildman–Crippen LogP) is 2.05. The van der Waals surface area contributed by atoms with Gasteiger partial charge < -0.3 is 10.2 Å². The second-order valence-electron chi connectivity index (χ2n) is 7.36. The summed E-state index contributed by atoms with van der Waals surface area (Å²) in [6.45, 7) is 12.4. The molecule has 0 aromatic carbocycles. The lowest BCUT2D eigenvalue weighted by molar-refractivity contribution is 0.0942. The molecule has 0 aliphatic carbocycles. The summed E-state index contributed by atoms with van der Waals surface area (Å²) in [6, 6.07) is 3.69. The van der Waals surface area contributed by atoms with E-state index in [0.29, 0.717) is 17.5 Å². The van der Waals surface area contributed by atoms with Gasteiger partial charge in [-0.1, -0.05) is 13.8 Å². The molecule has 1 aliphatic rings. The first-order chi connectivity index (χ1) is 11.4. The lowest BCUT2D eigenvalue weighted by Crippen LogP contribution is -2.32. The summed E-state index contributed by atoms with van der Waals surface area (Å²) in [5.41, 5.74) is 3.01. The summed E-state index contributed by atoms with van der Waals surface area (Å²) in [7, 11) is 0. The van der Waals surface area contributed by atoms with Crippen molar-refractivity contribution in [3.05, 3.63) is 29.2 Å². The number of aryl methyl sites for hydroxylation is 2. The Labute approximate surface area is 143 Å². The molecule has 1 amide bonds. The van der Waals surface area contributed by atoms with Crippen molar-refractivity contribution in [2.75, 3.05) is 26.2 Å². The van der Waals surface area contributed by atoms with Crippen molar-refractivity contribution < 1.29 is 4.79 Å². The van der Waals surface area contributed by atoms with Gasteiger partial charge in [0.2, 0.25) is 0 Å². The van der Waals surface area contributed by atoms with E-state index in [4.69, 9.17) is 0 Å². The van der Waals surface area contributed by atoms with Crippen LogP contribution in [0.2, 0.25) is 0 Å². The first-order valence-corrected chi connectivity index (χ1v) is 8.77. The second kappa shape index (κ2) is 6.89. The van der Waals surface area contributed by atoms with E-state index in [1.807, 2.05) is 19.9 Å². The third-order valence-corrected chi connectivity index (χ3v) is 4.50. The van der Waals surface area contributed by atoms with Crippen molar-refractivity contribution >= 4 is 11.6 Å². The maximum absolute atomic E-state index is 12.4. The minimum atomic E-state index is -0.0956. The van der Waals surface area contributed by atoms with E-state index < -0.39 is 0 Å². The molecule has 1 aliphatic heterocycles. The topological polar surface area (TPSA) is 62.5 Å². The molecule has 2 aromatic heterocycles. The lowest BCUT2D eigenvalue weighted by atomic mass is 10.1. The molecule has 1 atom stereocenters. The van der Waals surface area contributed by atoms with E-state index in [9.17, 15) is 4.79 Å². The molecule has 1 N–H and O–H groups in total. The van der Waals surface area contributed by atoms with E-state index >= 15 is 0 Å². The normalized spacial score (nSPS) is 18.6. The Balaban J connectivity index is 1.59. The molecular formula is C18H27N5O. The second-order valence-corrected chi connectivity index (χ2v) is 7.36. The summed E-state index contributed by atoms with van der Waals surface area (Å²) in [5.74, 6) is 1.13. The zero-order chi connectivity index (χ0) is 17.3. The van der Waals surface area contributed by atoms with Gasteiger partial charge in [0.15, 0.2) is 5.65 Å². The van der Waals surface area contributed by atoms with Crippen molar-refractivity contribution in [1.82, 2.24) is 24.8 Å². The van der Waals surface area contributed by atoms with Gasteiger partial charge in [-0.25, -0.2) is 9.50 Å². The van der Waals surface area contributed by atoms with E-state index in [1.165, 1.54) is 0 Å². The number of hydrogen-bond acceptors (Lipinski definition) is 4. The number of carbonyl (C=O) groups excluding carboxylic acids is 1. The number of rotatable bonds is 5. The fourth-order valence-corrected chi connectivity index (χ4v) is 3.45. The van der Waals surface area contributed by atoms with Crippen LogP contribution in [0.1, 0.15) is 42.1 Å². The van der Waals surface area contributed by atoms with Crippen LogP contribution in [0, 0.1) is 25.7 Å². The predicted molar refractivity (Wildman–Crippen MR) is 94.2 cm³/mol. The van der Waals surface area contributed by atoms with Crippen LogP contribution in [0.5, 0.6) is 0 Å². The molecule has 1 unspecified atom stereocenters. The Morgan fingerprint density at radius 1 is 1.38 bits per heavy atom. The molecule has 2 aromatic rings. The highest BCUT2D eigenvalue weighted by atomic mass is 16.1. The average Bonchev–Trinajstić information content (AvgIpc) is 3.10. The van der Waals surface area contributed by atoms with Crippen LogP contribution in [0.15, 0.2) is 12.1 Å². The Bertz CT molecular complexity index is 736. The SMILES string of the molecule is Cc1cc2nc(C(=O)NCC3CCN(CC(C)C)C3)cc(C)n2n1. The smallest absolute Gasteiger partial charge is 0.270 e.